The minimum absolute atomic E-state index is 0.0818. The molecule has 0 aliphatic rings. The van der Waals surface area contributed by atoms with E-state index in [4.69, 9.17) is 0 Å². The molecule has 0 unspecified atom stereocenters. The van der Waals surface area contributed by atoms with E-state index in [-0.39, 0.29) is 10.6 Å². The lowest BCUT2D eigenvalue weighted by molar-refractivity contribution is -0.138. The van der Waals surface area contributed by atoms with E-state index >= 15 is 0 Å². The topological polar surface area (TPSA) is 98.8 Å². The standard InChI is InChI=1S/C13H13Br2NO6S/c1-21-11(17)6-10(13(18)22-2)16-12-8(14)4-7(5-9(12)15)23(3,19)20/h4-6,16H,1-3H3/b10-6+. The molecule has 0 aliphatic heterocycles. The predicted molar refractivity (Wildman–Crippen MR) is 90.7 cm³/mol. The molecule has 0 atom stereocenters. The summed E-state index contributed by atoms with van der Waals surface area (Å²) in [6.45, 7) is 0. The Morgan fingerprint density at radius 1 is 1.13 bits per heavy atom. The first-order valence-electron chi connectivity index (χ1n) is 5.94. The van der Waals surface area contributed by atoms with Crippen molar-refractivity contribution in [2.45, 2.75) is 4.90 Å². The number of halogens is 2. The average molecular weight is 471 g/mol. The SMILES string of the molecule is COC(=O)/C=C(/Nc1c(Br)cc(S(C)(=O)=O)cc1Br)C(=O)OC. The Balaban J connectivity index is 3.33. The number of hydrogen-bond acceptors (Lipinski definition) is 7. The third kappa shape index (κ3) is 5.33. The normalized spacial score (nSPS) is 11.8. The number of sulfone groups is 1. The van der Waals surface area contributed by atoms with Gasteiger partial charge in [-0.05, 0) is 44.0 Å². The van der Waals surface area contributed by atoms with E-state index in [2.05, 4.69) is 46.7 Å². The second kappa shape index (κ2) is 7.93. The van der Waals surface area contributed by atoms with Crippen LogP contribution in [0.3, 0.4) is 0 Å². The second-order valence-corrected chi connectivity index (χ2v) is 7.96. The fourth-order valence-corrected chi connectivity index (χ4v) is 3.80. The lowest BCUT2D eigenvalue weighted by atomic mass is 10.3. The summed E-state index contributed by atoms with van der Waals surface area (Å²) >= 11 is 6.44. The van der Waals surface area contributed by atoms with Crippen LogP contribution in [0.5, 0.6) is 0 Å². The Kier molecular flexibility index (Phi) is 6.78. The van der Waals surface area contributed by atoms with E-state index in [0.717, 1.165) is 19.4 Å². The monoisotopic (exact) mass is 469 g/mol. The minimum atomic E-state index is -3.41. The molecule has 0 amide bonds. The van der Waals surface area contributed by atoms with E-state index in [1.807, 2.05) is 0 Å². The molecule has 7 nitrogen and oxygen atoms in total. The molecular weight excluding hydrogens is 458 g/mol. The van der Waals surface area contributed by atoms with Gasteiger partial charge in [0, 0.05) is 15.2 Å². The van der Waals surface area contributed by atoms with Crippen LogP contribution in [-0.2, 0) is 28.9 Å². The first kappa shape index (κ1) is 19.7. The summed E-state index contributed by atoms with van der Waals surface area (Å²) in [6, 6.07) is 2.74. The van der Waals surface area contributed by atoms with Gasteiger partial charge >= 0.3 is 11.9 Å². The van der Waals surface area contributed by atoms with Gasteiger partial charge in [0.25, 0.3) is 0 Å². The van der Waals surface area contributed by atoms with Gasteiger partial charge in [0.15, 0.2) is 9.84 Å². The van der Waals surface area contributed by atoms with Gasteiger partial charge in [-0.1, -0.05) is 0 Å². The van der Waals surface area contributed by atoms with Crippen LogP contribution in [0.1, 0.15) is 0 Å². The zero-order valence-corrected chi connectivity index (χ0v) is 16.3. The number of esters is 2. The quantitative estimate of drug-likeness (QED) is 0.520. The molecule has 0 radical (unpaired) electrons. The van der Waals surface area contributed by atoms with E-state index in [1.165, 1.54) is 19.2 Å². The molecule has 0 aromatic heterocycles. The fraction of sp³-hybridized carbons (Fsp3) is 0.231. The number of hydrogen-bond donors (Lipinski definition) is 1. The molecule has 0 spiro atoms. The number of carbonyl (C=O) groups excluding carboxylic acids is 2. The summed E-state index contributed by atoms with van der Waals surface area (Å²) < 4.78 is 33.0. The third-order valence-corrected chi connectivity index (χ3v) is 4.91. The van der Waals surface area contributed by atoms with Crippen LogP contribution in [-0.4, -0.2) is 40.8 Å². The van der Waals surface area contributed by atoms with Crippen LogP contribution in [0.4, 0.5) is 5.69 Å². The summed E-state index contributed by atoms with van der Waals surface area (Å²) in [4.78, 5) is 23.2. The maximum atomic E-state index is 11.7. The average Bonchev–Trinajstić information content (AvgIpc) is 2.47. The summed E-state index contributed by atoms with van der Waals surface area (Å²) in [6.07, 6.45) is 2.00. The predicted octanol–water partition coefficient (Wildman–Crippen LogP) is 2.26. The molecule has 0 saturated carbocycles. The first-order chi connectivity index (χ1) is 10.6. The smallest absolute Gasteiger partial charge is 0.354 e. The number of nitrogens with one attached hydrogen (secondary N) is 1. The number of rotatable bonds is 5. The largest absolute Gasteiger partial charge is 0.466 e. The Hall–Kier alpha value is -1.39. The van der Waals surface area contributed by atoms with Crippen LogP contribution in [0.15, 0.2) is 37.7 Å². The number of anilines is 1. The molecule has 10 heteroatoms. The molecule has 0 aliphatic carbocycles. The van der Waals surface area contributed by atoms with Crippen molar-refractivity contribution in [2.75, 3.05) is 25.8 Å². The van der Waals surface area contributed by atoms with Gasteiger partial charge in [-0.2, -0.15) is 0 Å². The van der Waals surface area contributed by atoms with Gasteiger partial charge in [-0.3, -0.25) is 0 Å². The van der Waals surface area contributed by atoms with Crippen LogP contribution in [0.2, 0.25) is 0 Å². The number of carbonyl (C=O) groups is 2. The highest BCUT2D eigenvalue weighted by atomic mass is 79.9. The Bertz CT molecular complexity index is 750. The lowest BCUT2D eigenvalue weighted by Gasteiger charge is -2.13. The molecular formula is C13H13Br2NO6S. The van der Waals surface area contributed by atoms with Crippen molar-refractivity contribution in [1.29, 1.82) is 0 Å². The van der Waals surface area contributed by atoms with Gasteiger partial charge in [-0.25, -0.2) is 18.0 Å². The van der Waals surface area contributed by atoms with Crippen LogP contribution in [0.25, 0.3) is 0 Å². The first-order valence-corrected chi connectivity index (χ1v) is 9.42. The Morgan fingerprint density at radius 3 is 2.04 bits per heavy atom. The van der Waals surface area contributed by atoms with Crippen LogP contribution < -0.4 is 5.32 Å². The molecule has 0 heterocycles. The number of methoxy groups -OCH3 is 2. The van der Waals surface area contributed by atoms with Gasteiger partial charge < -0.3 is 14.8 Å². The highest BCUT2D eigenvalue weighted by Gasteiger charge is 2.18. The van der Waals surface area contributed by atoms with Gasteiger partial charge in [0.2, 0.25) is 0 Å². The Morgan fingerprint density at radius 2 is 1.65 bits per heavy atom. The zero-order chi connectivity index (χ0) is 17.8. The summed E-state index contributed by atoms with van der Waals surface area (Å²) in [5.41, 5.74) is 0.172. The minimum Gasteiger partial charge on any atom is -0.466 e. The summed E-state index contributed by atoms with van der Waals surface area (Å²) in [7, 11) is -1.08. The number of benzene rings is 1. The van der Waals surface area contributed by atoms with Crippen molar-refractivity contribution in [3.63, 3.8) is 0 Å². The van der Waals surface area contributed by atoms with Gasteiger partial charge in [0.05, 0.1) is 30.9 Å². The van der Waals surface area contributed by atoms with E-state index < -0.39 is 21.8 Å². The fourth-order valence-electron chi connectivity index (χ4n) is 1.45. The van der Waals surface area contributed by atoms with Gasteiger partial charge in [-0.15, -0.1) is 0 Å². The highest BCUT2D eigenvalue weighted by molar-refractivity contribution is 9.11. The molecule has 1 N–H and O–H groups in total. The molecule has 0 bridgehead atoms. The molecule has 1 aromatic carbocycles. The molecule has 23 heavy (non-hydrogen) atoms. The second-order valence-electron chi connectivity index (χ2n) is 4.23. The van der Waals surface area contributed by atoms with Crippen molar-refractivity contribution >= 4 is 59.3 Å². The number of ether oxygens (including phenoxy) is 2. The maximum absolute atomic E-state index is 11.7. The Labute approximate surface area is 150 Å². The maximum Gasteiger partial charge on any atom is 0.354 e. The zero-order valence-electron chi connectivity index (χ0n) is 12.3. The van der Waals surface area contributed by atoms with E-state index in [1.54, 1.807) is 0 Å². The van der Waals surface area contributed by atoms with E-state index in [0.29, 0.717) is 14.6 Å². The molecule has 0 saturated heterocycles. The molecule has 1 rings (SSSR count). The lowest BCUT2D eigenvalue weighted by Crippen LogP contribution is -2.16. The molecule has 1 aromatic rings. The van der Waals surface area contributed by atoms with Crippen LogP contribution in [0, 0.1) is 0 Å². The highest BCUT2D eigenvalue weighted by Crippen LogP contribution is 2.35. The van der Waals surface area contributed by atoms with Crippen molar-refractivity contribution in [2.24, 2.45) is 0 Å². The van der Waals surface area contributed by atoms with Crippen LogP contribution >= 0.6 is 31.9 Å². The van der Waals surface area contributed by atoms with Crippen molar-refractivity contribution in [3.8, 4) is 0 Å². The van der Waals surface area contributed by atoms with E-state index in [9.17, 15) is 18.0 Å². The van der Waals surface area contributed by atoms with Crippen molar-refractivity contribution < 1.29 is 27.5 Å². The summed E-state index contributed by atoms with van der Waals surface area (Å²) in [5.74, 6) is -1.54. The summed E-state index contributed by atoms with van der Waals surface area (Å²) in [5, 5.41) is 2.71. The molecule has 0 fully saturated rings. The molecule has 126 valence electrons. The van der Waals surface area contributed by atoms with Crippen molar-refractivity contribution in [3.05, 3.63) is 32.9 Å². The third-order valence-electron chi connectivity index (χ3n) is 2.57. The van der Waals surface area contributed by atoms with Crippen molar-refractivity contribution in [1.82, 2.24) is 0 Å². The van der Waals surface area contributed by atoms with Gasteiger partial charge in [0.1, 0.15) is 5.70 Å².